The van der Waals surface area contributed by atoms with Gasteiger partial charge in [0.1, 0.15) is 5.41 Å². The molecule has 3 aromatic carbocycles. The van der Waals surface area contributed by atoms with Gasteiger partial charge in [-0.2, -0.15) is 0 Å². The van der Waals surface area contributed by atoms with Gasteiger partial charge in [0.25, 0.3) is 0 Å². The summed E-state index contributed by atoms with van der Waals surface area (Å²) in [6, 6.07) is 29.4. The van der Waals surface area contributed by atoms with Crippen molar-refractivity contribution in [2.24, 2.45) is 11.7 Å². The van der Waals surface area contributed by atoms with Crippen LogP contribution in [0.15, 0.2) is 84.9 Å². The highest BCUT2D eigenvalue weighted by atomic mass is 16.1. The molecule has 0 aliphatic heterocycles. The summed E-state index contributed by atoms with van der Waals surface area (Å²) < 4.78 is 0. The van der Waals surface area contributed by atoms with Crippen LogP contribution < -0.4 is 5.73 Å². The van der Waals surface area contributed by atoms with Crippen molar-refractivity contribution in [2.75, 3.05) is 7.05 Å². The molecule has 1 aliphatic rings. The first-order valence-corrected chi connectivity index (χ1v) is 11.2. The van der Waals surface area contributed by atoms with Crippen molar-refractivity contribution in [1.82, 2.24) is 4.90 Å². The van der Waals surface area contributed by atoms with Crippen molar-refractivity contribution in [2.45, 2.75) is 44.2 Å². The molecule has 1 amide bonds. The van der Waals surface area contributed by atoms with Crippen LogP contribution in [0.5, 0.6) is 0 Å². The van der Waals surface area contributed by atoms with Crippen LogP contribution in [0.4, 0.5) is 0 Å². The number of rotatable bonds is 7. The van der Waals surface area contributed by atoms with Crippen LogP contribution in [0.1, 0.15) is 41.5 Å². The first-order chi connectivity index (χ1) is 15.0. The fourth-order valence-electron chi connectivity index (χ4n) is 5.50. The van der Waals surface area contributed by atoms with Gasteiger partial charge in [-0.15, -0.1) is 0 Å². The maximum absolute atomic E-state index is 13.2. The van der Waals surface area contributed by atoms with Crippen LogP contribution in [0.25, 0.3) is 0 Å². The number of primary amides is 1. The van der Waals surface area contributed by atoms with Gasteiger partial charge in [0.05, 0.1) is 0 Å². The Morgan fingerprint density at radius 3 is 2.10 bits per heavy atom. The zero-order chi connectivity index (χ0) is 21.8. The van der Waals surface area contributed by atoms with Gasteiger partial charge in [0.2, 0.25) is 5.91 Å². The quantitative estimate of drug-likeness (QED) is 0.589. The van der Waals surface area contributed by atoms with Crippen LogP contribution in [0.2, 0.25) is 0 Å². The first kappa shape index (κ1) is 21.3. The van der Waals surface area contributed by atoms with Crippen molar-refractivity contribution in [1.29, 1.82) is 0 Å². The molecule has 2 atom stereocenters. The largest absolute Gasteiger partial charge is 0.369 e. The number of hydrogen-bond donors (Lipinski definition) is 1. The van der Waals surface area contributed by atoms with Gasteiger partial charge in [-0.05, 0) is 55.8 Å². The highest BCUT2D eigenvalue weighted by molar-refractivity contribution is 5.91. The summed E-state index contributed by atoms with van der Waals surface area (Å²) in [6.45, 7) is 3.05. The van der Waals surface area contributed by atoms with Gasteiger partial charge in [-0.1, -0.05) is 90.5 Å². The fraction of sp³-hybridized carbons (Fsp3) is 0.321. The van der Waals surface area contributed by atoms with E-state index in [-0.39, 0.29) is 11.8 Å². The zero-order valence-electron chi connectivity index (χ0n) is 18.5. The number of amides is 1. The van der Waals surface area contributed by atoms with E-state index >= 15 is 0 Å². The third-order valence-corrected chi connectivity index (χ3v) is 7.00. The summed E-state index contributed by atoms with van der Waals surface area (Å²) in [5.41, 5.74) is 10.0. The third kappa shape index (κ3) is 4.15. The molecule has 0 heterocycles. The molecule has 3 nitrogen and oxygen atoms in total. The topological polar surface area (TPSA) is 46.3 Å². The maximum atomic E-state index is 13.2. The van der Waals surface area contributed by atoms with Crippen molar-refractivity contribution >= 4 is 5.91 Å². The Hall–Kier alpha value is -2.91. The number of carbonyl (C=O) groups excluding carboxylic acids is 1. The standard InChI is InChI=1S/C28H32N2O/c1-21-10-9-11-22(18-21)20-30(2)26-17-16-25(19-26)28(27(29)31,23-12-5-3-6-13-23)24-14-7-4-8-15-24/h3-15,18,25-26H,16-17,19-20H2,1-2H3,(H2,29,31). The highest BCUT2D eigenvalue weighted by Gasteiger charge is 2.50. The second kappa shape index (κ2) is 9.07. The monoisotopic (exact) mass is 412 g/mol. The average molecular weight is 413 g/mol. The molecule has 2 N–H and O–H groups in total. The molecule has 4 rings (SSSR count). The lowest BCUT2D eigenvalue weighted by Crippen LogP contribution is -2.48. The summed E-state index contributed by atoms with van der Waals surface area (Å²) in [5.74, 6) is -0.0864. The Balaban J connectivity index is 1.65. The van der Waals surface area contributed by atoms with E-state index < -0.39 is 5.41 Å². The third-order valence-electron chi connectivity index (χ3n) is 7.00. The number of nitrogens with two attached hydrogens (primary N) is 1. The Bertz CT molecular complexity index is 976. The number of benzene rings is 3. The van der Waals surface area contributed by atoms with E-state index in [1.165, 1.54) is 11.1 Å². The lowest BCUT2D eigenvalue weighted by atomic mass is 9.64. The molecular formula is C28H32N2O. The second-order valence-electron chi connectivity index (χ2n) is 8.97. The van der Waals surface area contributed by atoms with Crippen LogP contribution in [-0.2, 0) is 16.8 Å². The molecule has 2 unspecified atom stereocenters. The number of nitrogens with zero attached hydrogens (tertiary/aromatic N) is 1. The Morgan fingerprint density at radius 2 is 1.55 bits per heavy atom. The van der Waals surface area contributed by atoms with Crippen molar-refractivity contribution in [3.8, 4) is 0 Å². The van der Waals surface area contributed by atoms with Crippen LogP contribution in [-0.4, -0.2) is 23.9 Å². The van der Waals surface area contributed by atoms with E-state index in [0.29, 0.717) is 6.04 Å². The van der Waals surface area contributed by atoms with E-state index in [4.69, 9.17) is 5.73 Å². The Kier molecular flexibility index (Phi) is 6.24. The first-order valence-electron chi connectivity index (χ1n) is 11.2. The smallest absolute Gasteiger partial charge is 0.232 e. The molecule has 160 valence electrons. The molecule has 0 aromatic heterocycles. The van der Waals surface area contributed by atoms with Crippen LogP contribution >= 0.6 is 0 Å². The van der Waals surface area contributed by atoms with E-state index in [9.17, 15) is 4.79 Å². The molecule has 0 spiro atoms. The van der Waals surface area contributed by atoms with Crippen molar-refractivity contribution in [3.63, 3.8) is 0 Å². The minimum absolute atomic E-state index is 0.166. The molecule has 0 bridgehead atoms. The second-order valence-corrected chi connectivity index (χ2v) is 8.97. The Labute approximate surface area is 185 Å². The minimum Gasteiger partial charge on any atom is -0.369 e. The lowest BCUT2D eigenvalue weighted by Gasteiger charge is -2.38. The molecule has 1 fully saturated rings. The van der Waals surface area contributed by atoms with Gasteiger partial charge >= 0.3 is 0 Å². The van der Waals surface area contributed by atoms with E-state index in [1.807, 2.05) is 36.4 Å². The molecule has 31 heavy (non-hydrogen) atoms. The molecule has 1 aliphatic carbocycles. The molecule has 1 saturated carbocycles. The average Bonchev–Trinajstić information content (AvgIpc) is 3.26. The number of aryl methyl sites for hydroxylation is 1. The van der Waals surface area contributed by atoms with E-state index in [0.717, 1.165) is 36.9 Å². The van der Waals surface area contributed by atoms with Crippen molar-refractivity contribution < 1.29 is 4.79 Å². The normalized spacial score (nSPS) is 18.9. The number of carbonyl (C=O) groups is 1. The molecule has 0 saturated heterocycles. The van der Waals surface area contributed by atoms with Gasteiger partial charge in [0.15, 0.2) is 0 Å². The molecule has 3 heteroatoms. The fourth-order valence-corrected chi connectivity index (χ4v) is 5.50. The Morgan fingerprint density at radius 1 is 0.935 bits per heavy atom. The number of hydrogen-bond acceptors (Lipinski definition) is 2. The molecule has 0 radical (unpaired) electrons. The predicted molar refractivity (Wildman–Crippen MR) is 127 cm³/mol. The molecular weight excluding hydrogens is 380 g/mol. The van der Waals surface area contributed by atoms with Gasteiger partial charge in [0, 0.05) is 12.6 Å². The lowest BCUT2D eigenvalue weighted by molar-refractivity contribution is -0.123. The van der Waals surface area contributed by atoms with Crippen LogP contribution in [0, 0.1) is 12.8 Å². The summed E-state index contributed by atoms with van der Waals surface area (Å²) in [6.07, 6.45) is 3.01. The summed E-state index contributed by atoms with van der Waals surface area (Å²) >= 11 is 0. The van der Waals surface area contributed by atoms with Gasteiger partial charge in [-0.25, -0.2) is 0 Å². The van der Waals surface area contributed by atoms with Crippen molar-refractivity contribution in [3.05, 3.63) is 107 Å². The maximum Gasteiger partial charge on any atom is 0.232 e. The van der Waals surface area contributed by atoms with Gasteiger partial charge in [-0.3, -0.25) is 9.69 Å². The summed E-state index contributed by atoms with van der Waals surface area (Å²) in [4.78, 5) is 15.7. The SMILES string of the molecule is Cc1cccc(CN(C)C2CCC(C(C(N)=O)(c3ccccc3)c3ccccc3)C2)c1. The van der Waals surface area contributed by atoms with E-state index in [1.54, 1.807) is 0 Å². The zero-order valence-corrected chi connectivity index (χ0v) is 18.5. The molecule has 3 aromatic rings. The van der Waals surface area contributed by atoms with Gasteiger partial charge < -0.3 is 5.73 Å². The predicted octanol–water partition coefficient (Wildman–Crippen LogP) is 5.07. The summed E-state index contributed by atoms with van der Waals surface area (Å²) in [5, 5.41) is 0. The summed E-state index contributed by atoms with van der Waals surface area (Å²) in [7, 11) is 2.20. The minimum atomic E-state index is -0.804. The highest BCUT2D eigenvalue weighted by Crippen LogP contribution is 2.47. The van der Waals surface area contributed by atoms with Crippen LogP contribution in [0.3, 0.4) is 0 Å². The van der Waals surface area contributed by atoms with E-state index in [2.05, 4.69) is 67.4 Å².